The maximum Gasteiger partial charge on any atom is 0.404 e. The molecular formula is C23H24FN7O3. The van der Waals surface area contributed by atoms with Gasteiger partial charge in [0.1, 0.15) is 22.7 Å². The first kappa shape index (κ1) is 21.8. The molecule has 3 heterocycles. The molecule has 0 radical (unpaired) electrons. The SMILES string of the molecule is Cn1nc(-c2cnc3[nH]cc(C(=O)NC4(C)CCC(NC(=O)O)CC4)c3n2)c2ccc(F)cc21. The van der Waals surface area contributed by atoms with Crippen LogP contribution in [0.2, 0.25) is 0 Å². The van der Waals surface area contributed by atoms with E-state index in [2.05, 4.69) is 30.7 Å². The van der Waals surface area contributed by atoms with Gasteiger partial charge < -0.3 is 20.7 Å². The van der Waals surface area contributed by atoms with Gasteiger partial charge in [0.15, 0.2) is 5.65 Å². The third-order valence-corrected chi connectivity index (χ3v) is 6.51. The summed E-state index contributed by atoms with van der Waals surface area (Å²) in [6.45, 7) is 1.97. The molecule has 3 aromatic heterocycles. The molecule has 11 heteroatoms. The Labute approximate surface area is 193 Å². The van der Waals surface area contributed by atoms with Crippen LogP contribution in [0, 0.1) is 5.82 Å². The predicted molar refractivity (Wildman–Crippen MR) is 123 cm³/mol. The summed E-state index contributed by atoms with van der Waals surface area (Å²) in [5.41, 5.74) is 2.46. The molecule has 34 heavy (non-hydrogen) atoms. The van der Waals surface area contributed by atoms with E-state index >= 15 is 0 Å². The number of amides is 2. The van der Waals surface area contributed by atoms with Crippen molar-refractivity contribution in [2.24, 2.45) is 7.05 Å². The molecule has 0 spiro atoms. The minimum absolute atomic E-state index is 0.106. The van der Waals surface area contributed by atoms with Crippen LogP contribution >= 0.6 is 0 Å². The van der Waals surface area contributed by atoms with Gasteiger partial charge >= 0.3 is 6.09 Å². The van der Waals surface area contributed by atoms with Crippen LogP contribution in [0.3, 0.4) is 0 Å². The zero-order valence-electron chi connectivity index (χ0n) is 18.7. The highest BCUT2D eigenvalue weighted by molar-refractivity contribution is 6.05. The average Bonchev–Trinajstić information content (AvgIpc) is 3.36. The number of hydrogen-bond acceptors (Lipinski definition) is 5. The van der Waals surface area contributed by atoms with Crippen LogP contribution in [-0.2, 0) is 7.05 Å². The normalized spacial score (nSPS) is 20.5. The zero-order valence-corrected chi connectivity index (χ0v) is 18.7. The molecule has 1 saturated carbocycles. The fourth-order valence-corrected chi connectivity index (χ4v) is 4.64. The number of benzene rings is 1. The molecular weight excluding hydrogens is 441 g/mol. The van der Waals surface area contributed by atoms with Crippen LogP contribution in [0.5, 0.6) is 0 Å². The van der Waals surface area contributed by atoms with Crippen molar-refractivity contribution in [1.82, 2.24) is 35.4 Å². The first-order valence-corrected chi connectivity index (χ1v) is 11.0. The van der Waals surface area contributed by atoms with Crippen LogP contribution in [0.4, 0.5) is 9.18 Å². The molecule has 4 aromatic rings. The Morgan fingerprint density at radius 3 is 2.79 bits per heavy atom. The van der Waals surface area contributed by atoms with Crippen LogP contribution in [-0.4, -0.2) is 53.4 Å². The lowest BCUT2D eigenvalue weighted by atomic mass is 9.80. The Morgan fingerprint density at radius 2 is 2.06 bits per heavy atom. The van der Waals surface area contributed by atoms with E-state index in [0.29, 0.717) is 59.3 Å². The van der Waals surface area contributed by atoms with Crippen LogP contribution in [0.25, 0.3) is 33.5 Å². The Balaban J connectivity index is 1.42. The highest BCUT2D eigenvalue weighted by atomic mass is 19.1. The molecule has 0 unspecified atom stereocenters. The van der Waals surface area contributed by atoms with E-state index in [1.807, 2.05) is 6.92 Å². The van der Waals surface area contributed by atoms with Gasteiger partial charge in [-0.3, -0.25) is 9.48 Å². The average molecular weight is 465 g/mol. The molecule has 1 aliphatic rings. The van der Waals surface area contributed by atoms with Gasteiger partial charge in [-0.25, -0.2) is 19.2 Å². The van der Waals surface area contributed by atoms with Gasteiger partial charge in [0.2, 0.25) is 0 Å². The Bertz CT molecular complexity index is 1420. The van der Waals surface area contributed by atoms with E-state index in [-0.39, 0.29) is 17.8 Å². The molecule has 1 aliphatic carbocycles. The summed E-state index contributed by atoms with van der Waals surface area (Å²) in [4.78, 5) is 36.1. The third kappa shape index (κ3) is 3.93. The number of nitrogens with one attached hydrogen (secondary N) is 3. The van der Waals surface area contributed by atoms with E-state index in [9.17, 15) is 14.0 Å². The summed E-state index contributed by atoms with van der Waals surface area (Å²) in [6, 6.07) is 4.33. The first-order chi connectivity index (χ1) is 16.2. The van der Waals surface area contributed by atoms with Crippen molar-refractivity contribution >= 4 is 34.1 Å². The van der Waals surface area contributed by atoms with Gasteiger partial charge in [0, 0.05) is 30.2 Å². The maximum atomic E-state index is 13.7. The molecule has 0 atom stereocenters. The Hall–Kier alpha value is -4.02. The number of carbonyl (C=O) groups excluding carboxylic acids is 1. The highest BCUT2D eigenvalue weighted by Gasteiger charge is 2.34. The number of carboxylic acid groups (broad SMARTS) is 1. The van der Waals surface area contributed by atoms with E-state index in [0.717, 1.165) is 5.39 Å². The first-order valence-electron chi connectivity index (χ1n) is 11.0. The highest BCUT2D eigenvalue weighted by Crippen LogP contribution is 2.30. The second-order valence-corrected chi connectivity index (χ2v) is 9.03. The number of aromatic nitrogens is 5. The number of H-pyrrole nitrogens is 1. The molecule has 0 bridgehead atoms. The quantitative estimate of drug-likeness (QED) is 0.365. The van der Waals surface area contributed by atoms with Gasteiger partial charge in [-0.2, -0.15) is 5.10 Å². The number of carbonyl (C=O) groups is 2. The molecule has 176 valence electrons. The monoisotopic (exact) mass is 465 g/mol. The van der Waals surface area contributed by atoms with E-state index in [1.165, 1.54) is 12.1 Å². The molecule has 0 aliphatic heterocycles. The van der Waals surface area contributed by atoms with Crippen molar-refractivity contribution in [2.45, 2.75) is 44.2 Å². The van der Waals surface area contributed by atoms with Crippen molar-refractivity contribution in [1.29, 1.82) is 0 Å². The largest absolute Gasteiger partial charge is 0.465 e. The Morgan fingerprint density at radius 1 is 1.29 bits per heavy atom. The smallest absolute Gasteiger partial charge is 0.404 e. The zero-order chi connectivity index (χ0) is 24.0. The van der Waals surface area contributed by atoms with Crippen molar-refractivity contribution in [2.75, 3.05) is 0 Å². The lowest BCUT2D eigenvalue weighted by Gasteiger charge is -2.37. The molecule has 1 aromatic carbocycles. The van der Waals surface area contributed by atoms with E-state index in [1.54, 1.807) is 30.2 Å². The number of aryl methyl sites for hydroxylation is 1. The minimum atomic E-state index is -1.03. The standard InChI is InChI=1S/C23H24FN7O3/c1-23(7-5-13(6-8-23)27-22(33)34)29-21(32)15-10-25-20-19(15)28-16(11-26-20)18-14-4-3-12(24)9-17(14)31(2)30-18/h3-4,9-11,13,27H,5-8H2,1-2H3,(H,25,26)(H,29,32)(H,33,34). The summed E-state index contributed by atoms with van der Waals surface area (Å²) in [5.74, 6) is -0.632. The number of nitrogens with zero attached hydrogens (tertiary/aromatic N) is 4. The van der Waals surface area contributed by atoms with Gasteiger partial charge in [-0.15, -0.1) is 0 Å². The van der Waals surface area contributed by atoms with Crippen LogP contribution in [0.1, 0.15) is 43.0 Å². The molecule has 2 amide bonds. The third-order valence-electron chi connectivity index (χ3n) is 6.51. The molecule has 1 fully saturated rings. The second-order valence-electron chi connectivity index (χ2n) is 9.03. The van der Waals surface area contributed by atoms with Gasteiger partial charge in [-0.1, -0.05) is 0 Å². The number of fused-ring (bicyclic) bond motifs is 2. The van der Waals surface area contributed by atoms with E-state index < -0.39 is 11.6 Å². The number of halogens is 1. The van der Waals surface area contributed by atoms with Crippen LogP contribution in [0.15, 0.2) is 30.6 Å². The summed E-state index contributed by atoms with van der Waals surface area (Å²) < 4.78 is 15.3. The topological polar surface area (TPSA) is 138 Å². The van der Waals surface area contributed by atoms with Gasteiger partial charge in [0.05, 0.1) is 17.3 Å². The fourth-order valence-electron chi connectivity index (χ4n) is 4.64. The molecule has 10 nitrogen and oxygen atoms in total. The minimum Gasteiger partial charge on any atom is -0.465 e. The Kier molecular flexibility index (Phi) is 5.18. The fraction of sp³-hybridized carbons (Fsp3) is 0.348. The predicted octanol–water partition coefficient (Wildman–Crippen LogP) is 3.35. The summed E-state index contributed by atoms with van der Waals surface area (Å²) in [7, 11) is 1.73. The van der Waals surface area contributed by atoms with Crippen molar-refractivity contribution in [3.8, 4) is 11.4 Å². The lowest BCUT2D eigenvalue weighted by molar-refractivity contribution is 0.0873. The van der Waals surface area contributed by atoms with E-state index in [4.69, 9.17) is 5.11 Å². The van der Waals surface area contributed by atoms with Crippen molar-refractivity contribution < 1.29 is 19.1 Å². The number of rotatable bonds is 4. The number of hydrogen-bond donors (Lipinski definition) is 4. The molecule has 0 saturated heterocycles. The summed E-state index contributed by atoms with van der Waals surface area (Å²) in [6.07, 6.45) is 4.72. The van der Waals surface area contributed by atoms with Crippen LogP contribution < -0.4 is 10.6 Å². The summed E-state index contributed by atoms with van der Waals surface area (Å²) >= 11 is 0. The van der Waals surface area contributed by atoms with Gasteiger partial charge in [-0.05, 0) is 50.8 Å². The van der Waals surface area contributed by atoms with Crippen molar-refractivity contribution in [3.05, 3.63) is 42.0 Å². The molecule has 4 N–H and O–H groups in total. The molecule has 5 rings (SSSR count). The second kappa shape index (κ2) is 8.08. The number of aromatic amines is 1. The lowest BCUT2D eigenvalue weighted by Crippen LogP contribution is -2.51. The van der Waals surface area contributed by atoms with Gasteiger partial charge in [0.25, 0.3) is 5.91 Å². The van der Waals surface area contributed by atoms with Crippen molar-refractivity contribution in [3.63, 3.8) is 0 Å². The maximum absolute atomic E-state index is 13.7. The summed E-state index contributed by atoms with van der Waals surface area (Å²) in [5, 5.41) is 19.8.